The molecule has 37 heavy (non-hydrogen) atoms. The third kappa shape index (κ3) is 5.61. The van der Waals surface area contributed by atoms with Crippen LogP contribution in [0.2, 0.25) is 0 Å². The molecule has 0 amide bonds. The van der Waals surface area contributed by atoms with Gasteiger partial charge in [-0.05, 0) is 87.9 Å². The summed E-state index contributed by atoms with van der Waals surface area (Å²) in [6.07, 6.45) is 19.9. The number of hydrogen-bond donors (Lipinski definition) is 2. The van der Waals surface area contributed by atoms with Crippen molar-refractivity contribution in [3.63, 3.8) is 0 Å². The SMILES string of the molecule is CC1CC(C)(CC(C)(C)C2=CC=CC(C)(C(=O)C(C)(C)O)C=C2)C2=C1C=CC(C)(C(=O)C(C)(C)O)C=C2. The van der Waals surface area contributed by atoms with Crippen molar-refractivity contribution < 1.29 is 19.8 Å². The van der Waals surface area contributed by atoms with E-state index in [0.29, 0.717) is 5.92 Å². The summed E-state index contributed by atoms with van der Waals surface area (Å²) in [5, 5.41) is 20.7. The van der Waals surface area contributed by atoms with Crippen LogP contribution < -0.4 is 0 Å². The highest BCUT2D eigenvalue weighted by Crippen LogP contribution is 2.55. The Balaban J connectivity index is 1.92. The minimum atomic E-state index is -1.42. The zero-order chi connectivity index (χ0) is 28.2. The van der Waals surface area contributed by atoms with Crippen LogP contribution in [-0.2, 0) is 9.59 Å². The molecule has 0 radical (unpaired) electrons. The maximum atomic E-state index is 13.1. The summed E-state index contributed by atoms with van der Waals surface area (Å²) >= 11 is 0. The van der Waals surface area contributed by atoms with Crippen LogP contribution in [0.25, 0.3) is 0 Å². The van der Waals surface area contributed by atoms with Crippen LogP contribution in [0.3, 0.4) is 0 Å². The Hall–Kier alpha value is -2.30. The average Bonchev–Trinajstić information content (AvgIpc) is 2.92. The van der Waals surface area contributed by atoms with Gasteiger partial charge in [0.25, 0.3) is 0 Å². The van der Waals surface area contributed by atoms with Crippen molar-refractivity contribution in [2.24, 2.45) is 27.6 Å². The standard InChI is InChI=1S/C33H46O4/c1-22-20-33(10,25-15-19-32(9,18-14-24(22)25)27(35)30(6,7)37)21-28(2,3)23-12-11-16-31(8,17-13-23)26(34)29(4,5)36/h11-19,22,36-37H,20-21H2,1-10H3. The van der Waals surface area contributed by atoms with Gasteiger partial charge in [0.15, 0.2) is 11.6 Å². The van der Waals surface area contributed by atoms with E-state index in [1.807, 2.05) is 50.3 Å². The summed E-state index contributed by atoms with van der Waals surface area (Å²) in [5.41, 5.74) is -1.23. The summed E-state index contributed by atoms with van der Waals surface area (Å²) in [6, 6.07) is 0. The van der Waals surface area contributed by atoms with Crippen molar-refractivity contribution in [2.75, 3.05) is 0 Å². The molecule has 0 spiro atoms. The molecule has 4 atom stereocenters. The van der Waals surface area contributed by atoms with Gasteiger partial charge in [0.2, 0.25) is 0 Å². The lowest BCUT2D eigenvalue weighted by atomic mass is 9.66. The molecule has 0 saturated heterocycles. The molecule has 3 aliphatic carbocycles. The van der Waals surface area contributed by atoms with Crippen molar-refractivity contribution >= 4 is 11.6 Å². The first-order valence-corrected chi connectivity index (χ1v) is 13.4. The zero-order valence-corrected chi connectivity index (χ0v) is 24.4. The highest BCUT2D eigenvalue weighted by Gasteiger charge is 2.46. The molecule has 202 valence electrons. The molecule has 0 bridgehead atoms. The lowest BCUT2D eigenvalue weighted by molar-refractivity contribution is -0.139. The minimum absolute atomic E-state index is 0.112. The van der Waals surface area contributed by atoms with E-state index in [1.165, 1.54) is 25.0 Å². The second kappa shape index (κ2) is 9.17. The largest absolute Gasteiger partial charge is 0.383 e. The first-order chi connectivity index (χ1) is 16.6. The summed E-state index contributed by atoms with van der Waals surface area (Å²) < 4.78 is 0. The topological polar surface area (TPSA) is 74.6 Å². The number of hydrogen-bond acceptors (Lipinski definition) is 4. The van der Waals surface area contributed by atoms with Gasteiger partial charge in [-0.15, -0.1) is 0 Å². The summed E-state index contributed by atoms with van der Waals surface area (Å²) in [5.74, 6) is -0.0968. The molecule has 4 heteroatoms. The van der Waals surface area contributed by atoms with E-state index in [9.17, 15) is 19.8 Å². The number of rotatable bonds is 7. The van der Waals surface area contributed by atoms with Crippen LogP contribution in [-0.4, -0.2) is 33.0 Å². The van der Waals surface area contributed by atoms with Crippen LogP contribution >= 0.6 is 0 Å². The molecular weight excluding hydrogens is 460 g/mol. The molecule has 3 rings (SSSR count). The van der Waals surface area contributed by atoms with Gasteiger partial charge in [-0.3, -0.25) is 9.59 Å². The van der Waals surface area contributed by atoms with Crippen molar-refractivity contribution in [1.82, 2.24) is 0 Å². The van der Waals surface area contributed by atoms with E-state index in [0.717, 1.165) is 18.4 Å². The Labute approximate surface area is 223 Å². The van der Waals surface area contributed by atoms with Gasteiger partial charge in [0, 0.05) is 0 Å². The molecule has 0 aromatic heterocycles. The van der Waals surface area contributed by atoms with Crippen LogP contribution in [0.4, 0.5) is 0 Å². The Morgan fingerprint density at radius 3 is 1.86 bits per heavy atom. The van der Waals surface area contributed by atoms with Crippen molar-refractivity contribution in [3.8, 4) is 0 Å². The van der Waals surface area contributed by atoms with Crippen LogP contribution in [0.15, 0.2) is 71.4 Å². The normalized spacial score (nSPS) is 32.2. The maximum absolute atomic E-state index is 13.1. The molecule has 0 aromatic carbocycles. The number of ketones is 2. The van der Waals surface area contributed by atoms with Gasteiger partial charge in [-0.2, -0.15) is 0 Å². The molecular formula is C33H46O4. The van der Waals surface area contributed by atoms with Crippen LogP contribution in [0.5, 0.6) is 0 Å². The highest BCUT2D eigenvalue weighted by molar-refractivity contribution is 5.95. The highest BCUT2D eigenvalue weighted by atomic mass is 16.3. The number of allylic oxidation sites excluding steroid dienone is 12. The van der Waals surface area contributed by atoms with Gasteiger partial charge in [-0.25, -0.2) is 0 Å². The molecule has 0 fully saturated rings. The Morgan fingerprint density at radius 1 is 0.838 bits per heavy atom. The van der Waals surface area contributed by atoms with E-state index in [4.69, 9.17) is 0 Å². The van der Waals surface area contributed by atoms with Crippen LogP contribution in [0, 0.1) is 27.6 Å². The molecule has 4 nitrogen and oxygen atoms in total. The zero-order valence-electron chi connectivity index (χ0n) is 24.4. The Kier molecular flexibility index (Phi) is 7.25. The quantitative estimate of drug-likeness (QED) is 0.407. The number of carbonyl (C=O) groups is 2. The first kappa shape index (κ1) is 29.3. The summed E-state index contributed by atoms with van der Waals surface area (Å²) in [4.78, 5) is 26.0. The third-order valence-electron chi connectivity index (χ3n) is 8.48. The number of carbonyl (C=O) groups excluding carboxylic acids is 2. The second-order valence-electron chi connectivity index (χ2n) is 13.9. The third-order valence-corrected chi connectivity index (χ3v) is 8.48. The fourth-order valence-corrected chi connectivity index (χ4v) is 6.68. The summed E-state index contributed by atoms with van der Waals surface area (Å²) in [7, 11) is 0. The Bertz CT molecular complexity index is 1160. The number of Topliss-reactive ketones (excluding diaryl/α,β-unsaturated/α-hetero) is 2. The molecule has 0 aromatic rings. The smallest absolute Gasteiger partial charge is 0.177 e. The maximum Gasteiger partial charge on any atom is 0.177 e. The van der Waals surface area contributed by atoms with E-state index in [-0.39, 0.29) is 22.4 Å². The fourth-order valence-electron chi connectivity index (χ4n) is 6.68. The molecule has 3 aliphatic rings. The monoisotopic (exact) mass is 506 g/mol. The molecule has 0 saturated carbocycles. The predicted molar refractivity (Wildman–Crippen MR) is 151 cm³/mol. The molecule has 0 aliphatic heterocycles. The van der Waals surface area contributed by atoms with Crippen LogP contribution in [0.1, 0.15) is 82.1 Å². The lowest BCUT2D eigenvalue weighted by Crippen LogP contribution is -2.41. The van der Waals surface area contributed by atoms with E-state index >= 15 is 0 Å². The van der Waals surface area contributed by atoms with Crippen molar-refractivity contribution in [1.29, 1.82) is 0 Å². The first-order valence-electron chi connectivity index (χ1n) is 13.4. The van der Waals surface area contributed by atoms with Gasteiger partial charge in [-0.1, -0.05) is 82.4 Å². The van der Waals surface area contributed by atoms with Gasteiger partial charge in [0.05, 0.1) is 10.8 Å². The van der Waals surface area contributed by atoms with E-state index in [2.05, 4.69) is 45.9 Å². The molecule has 4 unspecified atom stereocenters. The lowest BCUT2D eigenvalue weighted by Gasteiger charge is -2.38. The number of aliphatic hydroxyl groups is 2. The average molecular weight is 507 g/mol. The second-order valence-corrected chi connectivity index (χ2v) is 13.9. The summed E-state index contributed by atoms with van der Waals surface area (Å²) in [6.45, 7) is 18.9. The van der Waals surface area contributed by atoms with Gasteiger partial charge >= 0.3 is 0 Å². The van der Waals surface area contributed by atoms with Crippen molar-refractivity contribution in [2.45, 2.75) is 93.3 Å². The van der Waals surface area contributed by atoms with E-state index in [1.54, 1.807) is 13.8 Å². The molecule has 2 N–H and O–H groups in total. The van der Waals surface area contributed by atoms with Gasteiger partial charge in [0.1, 0.15) is 11.2 Å². The van der Waals surface area contributed by atoms with Gasteiger partial charge < -0.3 is 10.2 Å². The van der Waals surface area contributed by atoms with E-state index < -0.39 is 22.0 Å². The minimum Gasteiger partial charge on any atom is -0.383 e. The predicted octanol–water partition coefficient (Wildman–Crippen LogP) is 6.62. The molecule has 0 heterocycles. The Morgan fingerprint density at radius 2 is 1.32 bits per heavy atom. The fraction of sp³-hybridized carbons (Fsp3) is 0.576. The van der Waals surface area contributed by atoms with Crippen molar-refractivity contribution in [3.05, 3.63) is 71.4 Å².